The summed E-state index contributed by atoms with van der Waals surface area (Å²) in [6.07, 6.45) is 1.33. The summed E-state index contributed by atoms with van der Waals surface area (Å²) in [5.41, 5.74) is 2.12. The number of hydrogen-bond donors (Lipinski definition) is 1. The highest BCUT2D eigenvalue weighted by Crippen LogP contribution is 2.40. The Morgan fingerprint density at radius 2 is 2.04 bits per heavy atom. The maximum absolute atomic E-state index is 13.1. The van der Waals surface area contributed by atoms with Gasteiger partial charge in [0, 0.05) is 24.3 Å². The van der Waals surface area contributed by atoms with Crippen molar-refractivity contribution < 1.29 is 23.1 Å². The third-order valence-corrected chi connectivity index (χ3v) is 6.96. The fourth-order valence-corrected chi connectivity index (χ4v) is 5.64. The Morgan fingerprint density at radius 3 is 2.63 bits per heavy atom. The van der Waals surface area contributed by atoms with Crippen molar-refractivity contribution in [2.24, 2.45) is 0 Å². The van der Waals surface area contributed by atoms with Gasteiger partial charge in [0.25, 0.3) is 0 Å². The number of rotatable bonds is 5. The Morgan fingerprint density at radius 1 is 1.33 bits per heavy atom. The first-order valence-electron chi connectivity index (χ1n) is 9.00. The lowest BCUT2D eigenvalue weighted by Gasteiger charge is -2.29. The smallest absolute Gasteiger partial charge is 0.220 e. The summed E-state index contributed by atoms with van der Waals surface area (Å²) >= 11 is 0. The molecule has 1 N–H and O–H groups in total. The van der Waals surface area contributed by atoms with Gasteiger partial charge < -0.3 is 9.84 Å². The number of hydrogen-bond acceptors (Lipinski definition) is 6. The third kappa shape index (κ3) is 3.17. The van der Waals surface area contributed by atoms with Crippen molar-refractivity contribution in [2.75, 3.05) is 12.4 Å². The van der Waals surface area contributed by atoms with E-state index in [1.807, 2.05) is 13.8 Å². The highest BCUT2D eigenvalue weighted by Gasteiger charge is 2.35. The second kappa shape index (κ2) is 7.09. The first-order chi connectivity index (χ1) is 12.7. The molecule has 0 bridgehead atoms. The number of ketones is 1. The zero-order valence-corrected chi connectivity index (χ0v) is 16.8. The van der Waals surface area contributed by atoms with E-state index in [4.69, 9.17) is 4.74 Å². The van der Waals surface area contributed by atoms with E-state index in [1.54, 1.807) is 19.9 Å². The van der Waals surface area contributed by atoms with E-state index >= 15 is 0 Å². The zero-order valence-electron chi connectivity index (χ0n) is 15.9. The van der Waals surface area contributed by atoms with Crippen molar-refractivity contribution in [1.82, 2.24) is 9.78 Å². The third-order valence-electron chi connectivity index (χ3n) is 5.02. The van der Waals surface area contributed by atoms with Crippen LogP contribution >= 0.6 is 0 Å². The molecule has 1 aliphatic rings. The molecular formula is C19H24N2O5S. The van der Waals surface area contributed by atoms with Gasteiger partial charge in [0.05, 0.1) is 22.9 Å². The molecule has 27 heavy (non-hydrogen) atoms. The van der Waals surface area contributed by atoms with E-state index in [0.29, 0.717) is 41.8 Å². The van der Waals surface area contributed by atoms with Crippen LogP contribution in [-0.4, -0.2) is 41.4 Å². The van der Waals surface area contributed by atoms with Gasteiger partial charge in [-0.1, -0.05) is 0 Å². The van der Waals surface area contributed by atoms with Gasteiger partial charge in [-0.15, -0.1) is 0 Å². The molecule has 2 heterocycles. The van der Waals surface area contributed by atoms with Gasteiger partial charge in [0.15, 0.2) is 15.6 Å². The average Bonchev–Trinajstić information content (AvgIpc) is 2.99. The molecule has 0 amide bonds. The molecule has 0 aliphatic carbocycles. The Bertz CT molecular complexity index is 1010. The number of nitrogens with zero attached hydrogens (tertiary/aromatic N) is 2. The van der Waals surface area contributed by atoms with Crippen LogP contribution in [0.4, 0.5) is 0 Å². The Kier molecular flexibility index (Phi) is 5.14. The number of sulfone groups is 1. The summed E-state index contributed by atoms with van der Waals surface area (Å²) in [5, 5.41) is 14.3. The van der Waals surface area contributed by atoms with Crippen molar-refractivity contribution >= 4 is 15.6 Å². The fraction of sp³-hybridized carbons (Fsp3) is 0.474. The Hall–Kier alpha value is -2.19. The van der Waals surface area contributed by atoms with Crippen LogP contribution in [0.15, 0.2) is 17.2 Å². The summed E-state index contributed by atoms with van der Waals surface area (Å²) in [6.45, 7) is 7.98. The molecule has 1 aliphatic heterocycles. The molecule has 3 rings (SSSR count). The number of fused-ring (bicyclic) bond motifs is 1. The molecule has 1 atom stereocenters. The molecule has 1 unspecified atom stereocenters. The van der Waals surface area contributed by atoms with Gasteiger partial charge >= 0.3 is 0 Å². The van der Waals surface area contributed by atoms with Gasteiger partial charge in [0.2, 0.25) is 5.88 Å². The second-order valence-corrected chi connectivity index (χ2v) is 8.73. The number of aryl methyl sites for hydroxylation is 2. The molecular weight excluding hydrogens is 368 g/mol. The van der Waals surface area contributed by atoms with Crippen LogP contribution in [0, 0.1) is 13.8 Å². The molecule has 2 aromatic rings. The molecule has 0 fully saturated rings. The molecule has 0 radical (unpaired) electrons. The Labute approximate surface area is 158 Å². The first-order valence-corrected chi connectivity index (χ1v) is 10.7. The summed E-state index contributed by atoms with van der Waals surface area (Å²) in [7, 11) is -3.42. The zero-order chi connectivity index (χ0) is 19.9. The lowest BCUT2D eigenvalue weighted by molar-refractivity contribution is 0.0561. The summed E-state index contributed by atoms with van der Waals surface area (Å²) < 4.78 is 32.4. The molecule has 146 valence electrons. The molecule has 0 saturated carbocycles. The monoisotopic (exact) mass is 392 g/mol. The Balaban J connectivity index is 2.22. The minimum absolute atomic E-state index is 0.0301. The van der Waals surface area contributed by atoms with Crippen molar-refractivity contribution in [3.63, 3.8) is 0 Å². The second-order valence-electron chi connectivity index (χ2n) is 6.69. The standard InChI is InChI=1S/C19H24N2O5S/c1-5-21-19(23)14(10-20-21)17(22)13-9-11(3)18-16(12(13)4)15(26-6-2)7-8-27(18,24)25/h9-10,15,23H,5-8H2,1-4H3. The van der Waals surface area contributed by atoms with Gasteiger partial charge in [-0.05, 0) is 51.3 Å². The van der Waals surface area contributed by atoms with Crippen LogP contribution in [0.2, 0.25) is 0 Å². The SMILES string of the molecule is CCOC1CCS(=O)(=O)c2c(C)cc(C(=O)c3cnn(CC)c3O)c(C)c21. The minimum atomic E-state index is -3.42. The van der Waals surface area contributed by atoms with Crippen LogP contribution in [-0.2, 0) is 21.1 Å². The highest BCUT2D eigenvalue weighted by molar-refractivity contribution is 7.91. The predicted molar refractivity (Wildman–Crippen MR) is 100.0 cm³/mol. The summed E-state index contributed by atoms with van der Waals surface area (Å²) in [6, 6.07) is 1.59. The van der Waals surface area contributed by atoms with Crippen LogP contribution in [0.5, 0.6) is 5.88 Å². The van der Waals surface area contributed by atoms with Crippen molar-refractivity contribution in [3.05, 3.63) is 40.1 Å². The van der Waals surface area contributed by atoms with E-state index in [2.05, 4.69) is 5.10 Å². The van der Waals surface area contributed by atoms with Gasteiger partial charge in [0.1, 0.15) is 5.56 Å². The van der Waals surface area contributed by atoms with Gasteiger partial charge in [-0.2, -0.15) is 5.10 Å². The average molecular weight is 392 g/mol. The maximum Gasteiger partial charge on any atom is 0.220 e. The van der Waals surface area contributed by atoms with E-state index in [9.17, 15) is 18.3 Å². The number of ether oxygens (including phenoxy) is 1. The molecule has 1 aromatic heterocycles. The number of benzene rings is 1. The number of aromatic hydroxyl groups is 1. The maximum atomic E-state index is 13.1. The first kappa shape index (κ1) is 19.6. The predicted octanol–water partition coefficient (Wildman–Crippen LogP) is 2.71. The molecule has 0 spiro atoms. The van der Waals surface area contributed by atoms with Gasteiger partial charge in [-0.25, -0.2) is 13.1 Å². The lowest BCUT2D eigenvalue weighted by Crippen LogP contribution is -2.25. The minimum Gasteiger partial charge on any atom is -0.493 e. The molecule has 8 heteroatoms. The number of carbonyl (C=O) groups is 1. The van der Waals surface area contributed by atoms with E-state index in [-0.39, 0.29) is 34.0 Å². The van der Waals surface area contributed by atoms with E-state index in [0.717, 1.165) is 0 Å². The summed E-state index contributed by atoms with van der Waals surface area (Å²) in [4.78, 5) is 13.4. The summed E-state index contributed by atoms with van der Waals surface area (Å²) in [5.74, 6) is -0.539. The molecule has 1 aromatic carbocycles. The van der Waals surface area contributed by atoms with E-state index < -0.39 is 9.84 Å². The highest BCUT2D eigenvalue weighted by atomic mass is 32.2. The van der Waals surface area contributed by atoms with Crippen molar-refractivity contribution in [1.29, 1.82) is 0 Å². The van der Waals surface area contributed by atoms with Crippen LogP contribution in [0.25, 0.3) is 0 Å². The van der Waals surface area contributed by atoms with Gasteiger partial charge in [-0.3, -0.25) is 4.79 Å². The van der Waals surface area contributed by atoms with Crippen LogP contribution < -0.4 is 0 Å². The van der Waals surface area contributed by atoms with Crippen molar-refractivity contribution in [3.8, 4) is 5.88 Å². The van der Waals surface area contributed by atoms with E-state index in [1.165, 1.54) is 10.9 Å². The van der Waals surface area contributed by atoms with Crippen LogP contribution in [0.1, 0.15) is 59.0 Å². The number of carbonyl (C=O) groups excluding carboxylic acids is 1. The number of aromatic nitrogens is 2. The topological polar surface area (TPSA) is 98.5 Å². The quantitative estimate of drug-likeness (QED) is 0.786. The molecule has 0 saturated heterocycles. The fourth-order valence-electron chi connectivity index (χ4n) is 3.75. The normalized spacial score (nSPS) is 18.3. The largest absolute Gasteiger partial charge is 0.493 e. The van der Waals surface area contributed by atoms with Crippen molar-refractivity contribution in [2.45, 2.75) is 51.7 Å². The van der Waals surface area contributed by atoms with Crippen LogP contribution in [0.3, 0.4) is 0 Å². The lowest BCUT2D eigenvalue weighted by atomic mass is 9.90. The molecule has 7 nitrogen and oxygen atoms in total.